The van der Waals surface area contributed by atoms with E-state index >= 15 is 0 Å². The predicted molar refractivity (Wildman–Crippen MR) is 112 cm³/mol. The van der Waals surface area contributed by atoms with Crippen LogP contribution in [0.15, 0.2) is 22.6 Å². The number of anilines is 1. The Labute approximate surface area is 173 Å². The number of rotatable bonds is 10. The smallest absolute Gasteiger partial charge is 0.311 e. The van der Waals surface area contributed by atoms with Crippen molar-refractivity contribution in [2.75, 3.05) is 25.7 Å². The fourth-order valence-electron chi connectivity index (χ4n) is 2.14. The average Bonchev–Trinajstić information content (AvgIpc) is 3.08. The van der Waals surface area contributed by atoms with Crippen LogP contribution in [0, 0.1) is 5.92 Å². The van der Waals surface area contributed by atoms with Crippen molar-refractivity contribution in [3.63, 3.8) is 0 Å². The number of ether oxygens (including phenoxy) is 3. The highest BCUT2D eigenvalue weighted by molar-refractivity contribution is 7.13. The van der Waals surface area contributed by atoms with Gasteiger partial charge in [-0.05, 0) is 30.5 Å². The van der Waals surface area contributed by atoms with E-state index in [0.29, 0.717) is 46.5 Å². The van der Waals surface area contributed by atoms with Crippen molar-refractivity contribution in [3.05, 3.63) is 33.8 Å². The first kappa shape index (κ1) is 22.0. The van der Waals surface area contributed by atoms with Crippen LogP contribution >= 0.6 is 22.9 Å². The highest BCUT2D eigenvalue weighted by Gasteiger charge is 2.13. The third-order valence-electron chi connectivity index (χ3n) is 3.37. The van der Waals surface area contributed by atoms with Crippen LogP contribution in [0.1, 0.15) is 32.0 Å². The number of hydrogen-bond acceptors (Lipinski definition) is 8. The third kappa shape index (κ3) is 6.69. The molecule has 152 valence electrons. The van der Waals surface area contributed by atoms with E-state index in [1.165, 1.54) is 18.4 Å². The molecule has 1 heterocycles. The van der Waals surface area contributed by atoms with Gasteiger partial charge in [0.2, 0.25) is 5.13 Å². The van der Waals surface area contributed by atoms with Crippen molar-refractivity contribution in [2.24, 2.45) is 11.0 Å². The van der Waals surface area contributed by atoms with Crippen molar-refractivity contribution in [3.8, 4) is 11.5 Å². The molecule has 0 aliphatic heterocycles. The van der Waals surface area contributed by atoms with E-state index in [2.05, 4.69) is 34.1 Å². The van der Waals surface area contributed by atoms with Crippen LogP contribution in [0.4, 0.5) is 5.13 Å². The molecule has 9 heteroatoms. The zero-order chi connectivity index (χ0) is 20.5. The number of carbonyl (C=O) groups is 1. The van der Waals surface area contributed by atoms with Crippen molar-refractivity contribution < 1.29 is 19.0 Å². The summed E-state index contributed by atoms with van der Waals surface area (Å²) in [7, 11) is 1.35. The molecular formula is C19H24ClN3O4S. The van der Waals surface area contributed by atoms with Crippen LogP contribution < -0.4 is 14.9 Å². The number of hydrazone groups is 1. The number of hydrogen-bond donors (Lipinski definition) is 1. The van der Waals surface area contributed by atoms with Gasteiger partial charge in [0.25, 0.3) is 0 Å². The Hall–Kier alpha value is -2.32. The molecule has 0 bridgehead atoms. The summed E-state index contributed by atoms with van der Waals surface area (Å²) in [4.78, 5) is 15.5. The van der Waals surface area contributed by atoms with E-state index in [1.807, 2.05) is 13.0 Å². The van der Waals surface area contributed by atoms with Gasteiger partial charge in [-0.3, -0.25) is 10.2 Å². The minimum absolute atomic E-state index is 0.129. The number of carbonyl (C=O) groups excluding carboxylic acids is 1. The molecule has 7 nitrogen and oxygen atoms in total. The van der Waals surface area contributed by atoms with Gasteiger partial charge in [-0.15, -0.1) is 11.3 Å². The minimum Gasteiger partial charge on any atom is -0.490 e. The lowest BCUT2D eigenvalue weighted by molar-refractivity contribution is -0.139. The van der Waals surface area contributed by atoms with Gasteiger partial charge in [0.05, 0.1) is 43.7 Å². The van der Waals surface area contributed by atoms with Gasteiger partial charge in [-0.2, -0.15) is 5.10 Å². The fourth-order valence-corrected chi connectivity index (χ4v) is 3.07. The lowest BCUT2D eigenvalue weighted by Gasteiger charge is -2.15. The first-order valence-electron chi connectivity index (χ1n) is 8.82. The molecule has 0 aliphatic carbocycles. The second-order valence-electron chi connectivity index (χ2n) is 6.23. The van der Waals surface area contributed by atoms with Crippen molar-refractivity contribution in [1.82, 2.24) is 4.98 Å². The Balaban J connectivity index is 2.07. The summed E-state index contributed by atoms with van der Waals surface area (Å²) in [6, 6.07) is 3.58. The van der Waals surface area contributed by atoms with E-state index in [-0.39, 0.29) is 12.4 Å². The lowest BCUT2D eigenvalue weighted by atomic mass is 10.2. The van der Waals surface area contributed by atoms with Crippen LogP contribution in [-0.4, -0.2) is 37.5 Å². The summed E-state index contributed by atoms with van der Waals surface area (Å²) in [5.74, 6) is 1.15. The van der Waals surface area contributed by atoms with E-state index in [1.54, 1.807) is 17.7 Å². The average molecular weight is 426 g/mol. The maximum Gasteiger partial charge on any atom is 0.311 e. The lowest BCUT2D eigenvalue weighted by Crippen LogP contribution is -2.07. The van der Waals surface area contributed by atoms with E-state index in [0.717, 1.165) is 5.56 Å². The molecule has 28 heavy (non-hydrogen) atoms. The Morgan fingerprint density at radius 2 is 2.18 bits per heavy atom. The summed E-state index contributed by atoms with van der Waals surface area (Å²) in [5, 5.41) is 6.98. The monoisotopic (exact) mass is 425 g/mol. The number of esters is 1. The molecule has 1 N–H and O–H groups in total. The Morgan fingerprint density at radius 1 is 1.39 bits per heavy atom. The first-order chi connectivity index (χ1) is 13.4. The quantitative estimate of drug-likeness (QED) is 0.345. The molecule has 0 spiro atoms. The molecule has 2 rings (SSSR count). The highest BCUT2D eigenvalue weighted by Crippen LogP contribution is 2.36. The van der Waals surface area contributed by atoms with Gasteiger partial charge < -0.3 is 14.2 Å². The molecule has 2 aromatic rings. The summed E-state index contributed by atoms with van der Waals surface area (Å²) in [6.07, 6.45) is 1.74. The molecule has 0 atom stereocenters. The van der Waals surface area contributed by atoms with Gasteiger partial charge in [0.15, 0.2) is 11.5 Å². The van der Waals surface area contributed by atoms with Crippen molar-refractivity contribution in [2.45, 2.75) is 27.2 Å². The molecule has 1 aromatic heterocycles. The van der Waals surface area contributed by atoms with Crippen LogP contribution in [-0.2, 0) is 16.0 Å². The number of aromatic nitrogens is 1. The van der Waals surface area contributed by atoms with E-state index in [9.17, 15) is 4.79 Å². The highest BCUT2D eigenvalue weighted by atomic mass is 35.5. The molecule has 0 amide bonds. The van der Waals surface area contributed by atoms with E-state index < -0.39 is 0 Å². The van der Waals surface area contributed by atoms with E-state index in [4.69, 9.17) is 21.1 Å². The van der Waals surface area contributed by atoms with Gasteiger partial charge in [0.1, 0.15) is 0 Å². The second-order valence-corrected chi connectivity index (χ2v) is 7.50. The third-order valence-corrected chi connectivity index (χ3v) is 4.45. The van der Waals surface area contributed by atoms with Crippen molar-refractivity contribution in [1.29, 1.82) is 0 Å². The fraction of sp³-hybridized carbons (Fsp3) is 0.421. The number of methoxy groups -OCH3 is 1. The molecule has 0 aliphatic rings. The standard InChI is InChI=1S/C19H24ClN3O4S/c1-5-26-16-7-13(6-15(20)18(16)27-10-12(2)3)9-21-23-19-22-14(11-28-19)8-17(24)25-4/h6-7,9,11-12H,5,8,10H2,1-4H3,(H,22,23)/b21-9-. The second kappa shape index (κ2) is 10.9. The molecule has 0 saturated carbocycles. The molecule has 0 saturated heterocycles. The summed E-state index contributed by atoms with van der Waals surface area (Å²) in [6.45, 7) is 7.07. The van der Waals surface area contributed by atoms with Gasteiger partial charge in [0, 0.05) is 5.38 Å². The largest absolute Gasteiger partial charge is 0.490 e. The number of halogens is 1. The van der Waals surface area contributed by atoms with Gasteiger partial charge in [-0.25, -0.2) is 4.98 Å². The Bertz CT molecular complexity index is 824. The molecule has 0 unspecified atom stereocenters. The summed E-state index contributed by atoms with van der Waals surface area (Å²) >= 11 is 7.72. The first-order valence-corrected chi connectivity index (χ1v) is 10.1. The number of benzene rings is 1. The molecule has 1 aromatic carbocycles. The minimum atomic E-state index is -0.335. The van der Waals surface area contributed by atoms with Gasteiger partial charge >= 0.3 is 5.97 Å². The van der Waals surface area contributed by atoms with Crippen LogP contribution in [0.3, 0.4) is 0 Å². The van der Waals surface area contributed by atoms with Crippen LogP contribution in [0.2, 0.25) is 5.02 Å². The van der Waals surface area contributed by atoms with Gasteiger partial charge in [-0.1, -0.05) is 25.4 Å². The van der Waals surface area contributed by atoms with Crippen LogP contribution in [0.5, 0.6) is 11.5 Å². The maximum atomic E-state index is 11.3. The SMILES string of the molecule is CCOc1cc(/C=N\Nc2nc(CC(=O)OC)cs2)cc(Cl)c1OCC(C)C. The number of thiazole rings is 1. The molecule has 0 fully saturated rings. The Morgan fingerprint density at radius 3 is 2.86 bits per heavy atom. The number of nitrogens with zero attached hydrogens (tertiary/aromatic N) is 2. The topological polar surface area (TPSA) is 82.0 Å². The molecular weight excluding hydrogens is 402 g/mol. The predicted octanol–water partition coefficient (Wildman–Crippen LogP) is 4.39. The zero-order valence-corrected chi connectivity index (χ0v) is 17.9. The number of nitrogens with one attached hydrogen (secondary N) is 1. The summed E-state index contributed by atoms with van der Waals surface area (Å²) < 4.78 is 16.1. The maximum absolute atomic E-state index is 11.3. The summed E-state index contributed by atoms with van der Waals surface area (Å²) in [5.41, 5.74) is 4.22. The Kier molecular flexibility index (Phi) is 8.53. The normalized spacial score (nSPS) is 11.1. The van der Waals surface area contributed by atoms with Crippen LogP contribution in [0.25, 0.3) is 0 Å². The zero-order valence-electron chi connectivity index (χ0n) is 16.3. The van der Waals surface area contributed by atoms with Crippen molar-refractivity contribution >= 4 is 40.3 Å². The molecule has 0 radical (unpaired) electrons.